The van der Waals surface area contributed by atoms with Gasteiger partial charge in [-0.1, -0.05) is 12.1 Å². The molecule has 1 N–H and O–H groups in total. The first-order valence-corrected chi connectivity index (χ1v) is 7.71. The van der Waals surface area contributed by atoms with Gasteiger partial charge in [0.25, 0.3) is 0 Å². The number of para-hydroxylation sites is 2. The molecule has 1 aromatic heterocycles. The fourth-order valence-corrected chi connectivity index (χ4v) is 2.64. The summed E-state index contributed by atoms with van der Waals surface area (Å²) in [4.78, 5) is 0. The SMILES string of the molecule is CCn1c[n+](C[C@@H](O)COc2ccc(F)cc2)c2ccccc21. The molecule has 0 aliphatic heterocycles. The lowest BCUT2D eigenvalue weighted by Crippen LogP contribution is -2.41. The summed E-state index contributed by atoms with van der Waals surface area (Å²) < 4.78 is 22.5. The Kier molecular flexibility index (Phi) is 4.57. The molecule has 4 nitrogen and oxygen atoms in total. The standard InChI is InChI=1S/C18H20FN2O2/c1-2-20-13-21(18-6-4-3-5-17(18)20)11-15(22)12-23-16-9-7-14(19)8-10-16/h3-10,13,15,22H,2,11-12H2,1H3/q+1/t15-/m1/s1. The molecule has 1 heterocycles. The Balaban J connectivity index is 1.68. The fourth-order valence-electron chi connectivity index (χ4n) is 2.64. The second-order valence-corrected chi connectivity index (χ2v) is 5.46. The van der Waals surface area contributed by atoms with Gasteiger partial charge in [-0.05, 0) is 43.3 Å². The third kappa shape index (κ3) is 3.51. The van der Waals surface area contributed by atoms with Crippen LogP contribution in [0.3, 0.4) is 0 Å². The number of aromatic nitrogens is 2. The Morgan fingerprint density at radius 3 is 2.65 bits per heavy atom. The van der Waals surface area contributed by atoms with Gasteiger partial charge in [-0.25, -0.2) is 13.5 Å². The number of nitrogens with zero attached hydrogens (tertiary/aromatic N) is 2. The second kappa shape index (κ2) is 6.79. The number of hydrogen-bond acceptors (Lipinski definition) is 2. The zero-order valence-corrected chi connectivity index (χ0v) is 13.0. The molecule has 0 aliphatic carbocycles. The maximum Gasteiger partial charge on any atom is 0.244 e. The number of rotatable bonds is 6. The molecule has 120 valence electrons. The van der Waals surface area contributed by atoms with Crippen LogP contribution < -0.4 is 9.30 Å². The number of fused-ring (bicyclic) bond motifs is 1. The van der Waals surface area contributed by atoms with Crippen molar-refractivity contribution < 1.29 is 18.8 Å². The summed E-state index contributed by atoms with van der Waals surface area (Å²) in [6.45, 7) is 3.56. The third-order valence-corrected chi connectivity index (χ3v) is 3.78. The molecule has 3 rings (SSSR count). The Morgan fingerprint density at radius 1 is 1.17 bits per heavy atom. The molecule has 0 amide bonds. The van der Waals surface area contributed by atoms with Crippen molar-refractivity contribution in [1.29, 1.82) is 0 Å². The van der Waals surface area contributed by atoms with E-state index in [0.717, 1.165) is 17.6 Å². The van der Waals surface area contributed by atoms with Gasteiger partial charge in [0.05, 0.1) is 6.54 Å². The monoisotopic (exact) mass is 315 g/mol. The average molecular weight is 315 g/mol. The first kappa shape index (κ1) is 15.5. The van der Waals surface area contributed by atoms with Crippen molar-refractivity contribution in [2.24, 2.45) is 0 Å². The first-order chi connectivity index (χ1) is 11.2. The Morgan fingerprint density at radius 2 is 1.91 bits per heavy atom. The van der Waals surface area contributed by atoms with E-state index in [0.29, 0.717) is 12.3 Å². The van der Waals surface area contributed by atoms with E-state index in [9.17, 15) is 9.50 Å². The highest BCUT2D eigenvalue weighted by atomic mass is 19.1. The van der Waals surface area contributed by atoms with Crippen molar-refractivity contribution in [2.75, 3.05) is 6.61 Å². The topological polar surface area (TPSA) is 38.3 Å². The molecule has 23 heavy (non-hydrogen) atoms. The van der Waals surface area contributed by atoms with Gasteiger partial charge >= 0.3 is 0 Å². The third-order valence-electron chi connectivity index (χ3n) is 3.78. The predicted octanol–water partition coefficient (Wildman–Crippen LogP) is 2.53. The zero-order valence-electron chi connectivity index (χ0n) is 13.0. The highest BCUT2D eigenvalue weighted by Gasteiger charge is 2.17. The molecule has 5 heteroatoms. The maximum atomic E-state index is 12.8. The summed E-state index contributed by atoms with van der Waals surface area (Å²) in [6.07, 6.45) is 1.35. The Bertz CT molecular complexity index is 783. The van der Waals surface area contributed by atoms with E-state index in [-0.39, 0.29) is 12.4 Å². The number of aryl methyl sites for hydroxylation is 1. The number of benzene rings is 2. The molecule has 0 unspecified atom stereocenters. The summed E-state index contributed by atoms with van der Waals surface area (Å²) in [5, 5.41) is 10.2. The van der Waals surface area contributed by atoms with Gasteiger partial charge in [0.1, 0.15) is 30.8 Å². The van der Waals surface area contributed by atoms with Crippen LogP contribution in [-0.2, 0) is 13.1 Å². The lowest BCUT2D eigenvalue weighted by molar-refractivity contribution is -0.679. The van der Waals surface area contributed by atoms with Crippen LogP contribution in [0.4, 0.5) is 4.39 Å². The average Bonchev–Trinajstić information content (AvgIpc) is 2.92. The molecule has 3 aromatic rings. The Hall–Kier alpha value is -2.40. The summed E-state index contributed by atoms with van der Waals surface area (Å²) in [5.74, 6) is 0.243. The molecule has 1 atom stereocenters. The number of aliphatic hydroxyl groups is 1. The summed E-state index contributed by atoms with van der Waals surface area (Å²) >= 11 is 0. The van der Waals surface area contributed by atoms with Crippen LogP contribution in [0.5, 0.6) is 5.75 Å². The molecule has 0 fully saturated rings. The zero-order chi connectivity index (χ0) is 16.2. The van der Waals surface area contributed by atoms with Crippen LogP contribution in [-0.4, -0.2) is 22.4 Å². The number of ether oxygens (including phenoxy) is 1. The predicted molar refractivity (Wildman–Crippen MR) is 85.7 cm³/mol. The molecule has 0 aliphatic rings. The van der Waals surface area contributed by atoms with E-state index in [1.807, 2.05) is 29.1 Å². The number of aliphatic hydroxyl groups excluding tert-OH is 1. The van der Waals surface area contributed by atoms with E-state index in [1.165, 1.54) is 12.1 Å². The van der Waals surface area contributed by atoms with Crippen molar-refractivity contribution in [3.05, 3.63) is 60.7 Å². The first-order valence-electron chi connectivity index (χ1n) is 7.71. The molecule has 0 saturated heterocycles. The van der Waals surface area contributed by atoms with Crippen molar-refractivity contribution in [2.45, 2.75) is 26.1 Å². The fraction of sp³-hybridized carbons (Fsp3) is 0.278. The van der Waals surface area contributed by atoms with Crippen LogP contribution in [0.15, 0.2) is 54.9 Å². The van der Waals surface area contributed by atoms with E-state index in [4.69, 9.17) is 4.74 Å². The highest BCUT2D eigenvalue weighted by Crippen LogP contribution is 2.12. The number of halogens is 1. The lowest BCUT2D eigenvalue weighted by atomic mass is 10.3. The van der Waals surface area contributed by atoms with E-state index in [1.54, 1.807) is 12.1 Å². The number of hydrogen-bond donors (Lipinski definition) is 1. The molecule has 0 spiro atoms. The van der Waals surface area contributed by atoms with Gasteiger partial charge in [0, 0.05) is 0 Å². The van der Waals surface area contributed by atoms with Crippen LogP contribution in [0.1, 0.15) is 6.92 Å². The van der Waals surface area contributed by atoms with Crippen molar-refractivity contribution in [1.82, 2.24) is 4.57 Å². The largest absolute Gasteiger partial charge is 0.491 e. The molecular weight excluding hydrogens is 295 g/mol. The van der Waals surface area contributed by atoms with Crippen molar-refractivity contribution >= 4 is 11.0 Å². The summed E-state index contributed by atoms with van der Waals surface area (Å²) in [5.41, 5.74) is 2.22. The molecular formula is C18H20FN2O2+. The van der Waals surface area contributed by atoms with Gasteiger partial charge in [0.2, 0.25) is 6.33 Å². The van der Waals surface area contributed by atoms with E-state index >= 15 is 0 Å². The van der Waals surface area contributed by atoms with Crippen LogP contribution in [0, 0.1) is 5.82 Å². The van der Waals surface area contributed by atoms with Crippen molar-refractivity contribution in [3.8, 4) is 5.75 Å². The highest BCUT2D eigenvalue weighted by molar-refractivity contribution is 5.71. The Labute approximate surface area is 134 Å². The quantitative estimate of drug-likeness (QED) is 0.710. The van der Waals surface area contributed by atoms with Crippen molar-refractivity contribution in [3.63, 3.8) is 0 Å². The van der Waals surface area contributed by atoms with Gasteiger partial charge in [-0.15, -0.1) is 0 Å². The minimum Gasteiger partial charge on any atom is -0.491 e. The second-order valence-electron chi connectivity index (χ2n) is 5.46. The molecule has 0 saturated carbocycles. The normalized spacial score (nSPS) is 12.5. The summed E-state index contributed by atoms with van der Waals surface area (Å²) in [6, 6.07) is 13.9. The van der Waals surface area contributed by atoms with Gasteiger partial charge in [-0.2, -0.15) is 0 Å². The molecule has 2 aromatic carbocycles. The minimum absolute atomic E-state index is 0.157. The van der Waals surface area contributed by atoms with Crippen LogP contribution in [0.25, 0.3) is 11.0 Å². The maximum absolute atomic E-state index is 12.8. The van der Waals surface area contributed by atoms with E-state index < -0.39 is 6.10 Å². The number of imidazole rings is 1. The molecule has 0 radical (unpaired) electrons. The minimum atomic E-state index is -0.652. The van der Waals surface area contributed by atoms with Gasteiger partial charge in [0.15, 0.2) is 11.0 Å². The van der Waals surface area contributed by atoms with Gasteiger partial charge < -0.3 is 9.84 Å². The summed E-state index contributed by atoms with van der Waals surface area (Å²) in [7, 11) is 0. The lowest BCUT2D eigenvalue weighted by Gasteiger charge is -2.10. The van der Waals surface area contributed by atoms with Gasteiger partial charge in [-0.3, -0.25) is 0 Å². The van der Waals surface area contributed by atoms with E-state index in [2.05, 4.69) is 17.6 Å². The van der Waals surface area contributed by atoms with Crippen LogP contribution >= 0.6 is 0 Å². The smallest absolute Gasteiger partial charge is 0.244 e. The molecule has 0 bridgehead atoms. The van der Waals surface area contributed by atoms with Crippen LogP contribution in [0.2, 0.25) is 0 Å².